The zero-order chi connectivity index (χ0) is 20.1. The first-order chi connectivity index (χ1) is 13.5. The Morgan fingerprint density at radius 2 is 2.14 bits per heavy atom. The van der Waals surface area contributed by atoms with Crippen molar-refractivity contribution in [2.45, 2.75) is 47.0 Å². The maximum absolute atomic E-state index is 12.4. The topological polar surface area (TPSA) is 67.3 Å². The number of ether oxygens (including phenoxy) is 1. The quantitative estimate of drug-likeness (QED) is 0.820. The third-order valence-electron chi connectivity index (χ3n) is 5.11. The first kappa shape index (κ1) is 20.1. The number of anilines is 2. The van der Waals surface area contributed by atoms with E-state index in [-0.39, 0.29) is 12.5 Å². The van der Waals surface area contributed by atoms with Gasteiger partial charge in [-0.1, -0.05) is 32.0 Å². The standard InChI is InChI=1S/C22H30N4O2/c1-5-18-10-6-9-16(3)21(18)24-19(27)14-28-20-12-17(4)23-22(25-20)26-11-7-8-15(2)13-26/h6,9-10,12,15H,5,7-8,11,13-14H2,1-4H3,(H,24,27)/t15-/m0/s1. The van der Waals surface area contributed by atoms with E-state index in [0.717, 1.165) is 48.4 Å². The number of carbonyl (C=O) groups excluding carboxylic acids is 1. The Kier molecular flexibility index (Phi) is 6.49. The summed E-state index contributed by atoms with van der Waals surface area (Å²) >= 11 is 0. The number of para-hydroxylation sites is 1. The fraction of sp³-hybridized carbons (Fsp3) is 0.500. The van der Waals surface area contributed by atoms with Crippen LogP contribution in [-0.2, 0) is 11.2 Å². The van der Waals surface area contributed by atoms with Crippen molar-refractivity contribution in [1.82, 2.24) is 9.97 Å². The zero-order valence-corrected chi connectivity index (χ0v) is 17.3. The van der Waals surface area contributed by atoms with E-state index in [2.05, 4.69) is 34.0 Å². The van der Waals surface area contributed by atoms with Crippen molar-refractivity contribution < 1.29 is 9.53 Å². The fourth-order valence-corrected chi connectivity index (χ4v) is 3.63. The lowest BCUT2D eigenvalue weighted by Crippen LogP contribution is -2.35. The van der Waals surface area contributed by atoms with Crippen molar-refractivity contribution >= 4 is 17.5 Å². The van der Waals surface area contributed by atoms with Crippen LogP contribution in [0.1, 0.15) is 43.5 Å². The molecule has 0 radical (unpaired) electrons. The minimum Gasteiger partial charge on any atom is -0.467 e. The maximum atomic E-state index is 12.4. The molecule has 3 rings (SSSR count). The van der Waals surface area contributed by atoms with Crippen molar-refractivity contribution in [3.05, 3.63) is 41.1 Å². The lowest BCUT2D eigenvalue weighted by Gasteiger charge is -2.31. The second-order valence-corrected chi connectivity index (χ2v) is 7.64. The number of aromatic nitrogens is 2. The summed E-state index contributed by atoms with van der Waals surface area (Å²) in [5.41, 5.74) is 3.88. The minimum atomic E-state index is -0.187. The number of hydrogen-bond acceptors (Lipinski definition) is 5. The number of hydrogen-bond donors (Lipinski definition) is 1. The van der Waals surface area contributed by atoms with Gasteiger partial charge in [0.1, 0.15) is 0 Å². The lowest BCUT2D eigenvalue weighted by molar-refractivity contribution is -0.118. The maximum Gasteiger partial charge on any atom is 0.262 e. The molecule has 6 heteroatoms. The Morgan fingerprint density at radius 3 is 2.89 bits per heavy atom. The van der Waals surface area contributed by atoms with Crippen LogP contribution < -0.4 is 15.0 Å². The monoisotopic (exact) mass is 382 g/mol. The molecule has 2 heterocycles. The van der Waals surface area contributed by atoms with Crippen LogP contribution in [0, 0.1) is 19.8 Å². The molecular weight excluding hydrogens is 352 g/mol. The molecule has 1 amide bonds. The van der Waals surface area contributed by atoms with Crippen LogP contribution in [0.2, 0.25) is 0 Å². The van der Waals surface area contributed by atoms with Gasteiger partial charge in [0.25, 0.3) is 5.91 Å². The molecule has 0 spiro atoms. The summed E-state index contributed by atoms with van der Waals surface area (Å²) < 4.78 is 5.70. The highest BCUT2D eigenvalue weighted by molar-refractivity contribution is 5.93. The Balaban J connectivity index is 1.65. The third-order valence-corrected chi connectivity index (χ3v) is 5.11. The molecular formula is C22H30N4O2. The molecule has 0 aliphatic carbocycles. The molecule has 2 aromatic rings. The highest BCUT2D eigenvalue weighted by Crippen LogP contribution is 2.23. The van der Waals surface area contributed by atoms with E-state index in [4.69, 9.17) is 4.74 Å². The summed E-state index contributed by atoms with van der Waals surface area (Å²) in [6.45, 7) is 10.1. The minimum absolute atomic E-state index is 0.0796. The molecule has 1 N–H and O–H groups in total. The average Bonchev–Trinajstić information content (AvgIpc) is 2.67. The van der Waals surface area contributed by atoms with Crippen LogP contribution in [0.15, 0.2) is 24.3 Å². The van der Waals surface area contributed by atoms with Crippen LogP contribution in [0.4, 0.5) is 11.6 Å². The van der Waals surface area contributed by atoms with Gasteiger partial charge in [0, 0.05) is 30.5 Å². The van der Waals surface area contributed by atoms with Crippen LogP contribution in [0.3, 0.4) is 0 Å². The number of nitrogens with zero attached hydrogens (tertiary/aromatic N) is 3. The SMILES string of the molecule is CCc1cccc(C)c1NC(=O)COc1cc(C)nc(N2CCC[C@H](C)C2)n1. The Bertz CT molecular complexity index is 837. The number of carbonyl (C=O) groups is 1. The number of amides is 1. The van der Waals surface area contributed by atoms with E-state index < -0.39 is 0 Å². The van der Waals surface area contributed by atoms with Gasteiger partial charge in [-0.15, -0.1) is 0 Å². The smallest absolute Gasteiger partial charge is 0.262 e. The third kappa shape index (κ3) is 5.00. The predicted octanol–water partition coefficient (Wildman–Crippen LogP) is 3.91. The van der Waals surface area contributed by atoms with Crippen LogP contribution in [0.25, 0.3) is 0 Å². The van der Waals surface area contributed by atoms with E-state index in [1.165, 1.54) is 6.42 Å². The van der Waals surface area contributed by atoms with Gasteiger partial charge in [0.15, 0.2) is 6.61 Å². The van der Waals surface area contributed by atoms with E-state index in [1.54, 1.807) is 6.07 Å². The largest absolute Gasteiger partial charge is 0.467 e. The van der Waals surface area contributed by atoms with Crippen LogP contribution in [-0.4, -0.2) is 35.6 Å². The molecule has 1 aromatic heterocycles. The molecule has 6 nitrogen and oxygen atoms in total. The van der Waals surface area contributed by atoms with Gasteiger partial charge in [0.2, 0.25) is 11.8 Å². The molecule has 0 bridgehead atoms. The molecule has 1 aromatic carbocycles. The van der Waals surface area contributed by atoms with Gasteiger partial charge >= 0.3 is 0 Å². The Labute approximate surface area is 167 Å². The molecule has 1 aliphatic heterocycles. The van der Waals surface area contributed by atoms with E-state index in [1.807, 2.05) is 32.0 Å². The first-order valence-corrected chi connectivity index (χ1v) is 10.1. The van der Waals surface area contributed by atoms with Gasteiger partial charge in [0.05, 0.1) is 0 Å². The second kappa shape index (κ2) is 9.04. The molecule has 28 heavy (non-hydrogen) atoms. The number of nitrogens with one attached hydrogen (secondary N) is 1. The fourth-order valence-electron chi connectivity index (χ4n) is 3.63. The summed E-state index contributed by atoms with van der Waals surface area (Å²) in [6.07, 6.45) is 3.25. The summed E-state index contributed by atoms with van der Waals surface area (Å²) in [7, 11) is 0. The molecule has 1 atom stereocenters. The van der Waals surface area contributed by atoms with E-state index in [0.29, 0.717) is 17.7 Å². The van der Waals surface area contributed by atoms with E-state index in [9.17, 15) is 4.79 Å². The summed E-state index contributed by atoms with van der Waals surface area (Å²) in [5, 5.41) is 2.98. The van der Waals surface area contributed by atoms with Gasteiger partial charge in [-0.3, -0.25) is 4.79 Å². The van der Waals surface area contributed by atoms with Crippen molar-refractivity contribution in [3.63, 3.8) is 0 Å². The van der Waals surface area contributed by atoms with Gasteiger partial charge in [-0.05, 0) is 50.2 Å². The molecule has 1 aliphatic rings. The van der Waals surface area contributed by atoms with E-state index >= 15 is 0 Å². The van der Waals surface area contributed by atoms with Crippen LogP contribution >= 0.6 is 0 Å². The number of rotatable bonds is 6. The molecule has 0 saturated carbocycles. The van der Waals surface area contributed by atoms with Crippen molar-refractivity contribution in [1.29, 1.82) is 0 Å². The molecule has 150 valence electrons. The average molecular weight is 383 g/mol. The predicted molar refractivity (Wildman–Crippen MR) is 112 cm³/mol. The highest BCUT2D eigenvalue weighted by atomic mass is 16.5. The van der Waals surface area contributed by atoms with Crippen molar-refractivity contribution in [2.24, 2.45) is 5.92 Å². The normalized spacial score (nSPS) is 16.7. The molecule has 0 unspecified atom stereocenters. The number of aryl methyl sites for hydroxylation is 3. The molecule has 1 saturated heterocycles. The van der Waals surface area contributed by atoms with Crippen molar-refractivity contribution in [2.75, 3.05) is 29.9 Å². The highest BCUT2D eigenvalue weighted by Gasteiger charge is 2.20. The zero-order valence-electron chi connectivity index (χ0n) is 17.3. The summed E-state index contributed by atoms with van der Waals surface area (Å²) in [4.78, 5) is 23.7. The second-order valence-electron chi connectivity index (χ2n) is 7.64. The Hall–Kier alpha value is -2.63. The lowest BCUT2D eigenvalue weighted by atomic mass is 10.0. The Morgan fingerprint density at radius 1 is 1.32 bits per heavy atom. The van der Waals surface area contributed by atoms with Crippen LogP contribution in [0.5, 0.6) is 5.88 Å². The van der Waals surface area contributed by atoms with Gasteiger partial charge in [-0.25, -0.2) is 4.98 Å². The van der Waals surface area contributed by atoms with Crippen molar-refractivity contribution in [3.8, 4) is 5.88 Å². The van der Waals surface area contributed by atoms with Gasteiger partial charge < -0.3 is 15.0 Å². The summed E-state index contributed by atoms with van der Waals surface area (Å²) in [6, 6.07) is 7.81. The van der Waals surface area contributed by atoms with Gasteiger partial charge in [-0.2, -0.15) is 4.98 Å². The number of piperidine rings is 1. The number of benzene rings is 1. The summed E-state index contributed by atoms with van der Waals surface area (Å²) in [5.74, 6) is 1.58. The first-order valence-electron chi connectivity index (χ1n) is 10.1. The molecule has 1 fully saturated rings.